The average molecular weight is 173 g/mol. The van der Waals surface area contributed by atoms with Gasteiger partial charge in [0.2, 0.25) is 0 Å². The summed E-state index contributed by atoms with van der Waals surface area (Å²) < 4.78 is 5.08. The highest BCUT2D eigenvalue weighted by Gasteiger charge is 1.86. The van der Waals surface area contributed by atoms with E-state index in [-0.39, 0.29) is 6.61 Å². The summed E-state index contributed by atoms with van der Waals surface area (Å²) in [4.78, 5) is 0. The van der Waals surface area contributed by atoms with Crippen molar-refractivity contribution >= 4 is 0 Å². The molecule has 0 unspecified atom stereocenters. The van der Waals surface area contributed by atoms with Crippen molar-refractivity contribution < 1.29 is 9.84 Å². The lowest BCUT2D eigenvalue weighted by Gasteiger charge is -2.02. The molecule has 0 aliphatic rings. The summed E-state index contributed by atoms with van der Waals surface area (Å²) in [5.74, 6) is 0. The molecule has 0 radical (unpaired) electrons. The number of allylic oxidation sites excluding steroid dienone is 1. The molecule has 0 amide bonds. The predicted octanol–water partition coefficient (Wildman–Crippen LogP) is 0.551. The van der Waals surface area contributed by atoms with Crippen molar-refractivity contribution in [3.8, 4) is 0 Å². The summed E-state index contributed by atoms with van der Waals surface area (Å²) in [7, 11) is 0. The molecular formula is C9H19NO2. The van der Waals surface area contributed by atoms with Crippen LogP contribution in [0.25, 0.3) is 0 Å². The van der Waals surface area contributed by atoms with Crippen molar-refractivity contribution in [3.63, 3.8) is 0 Å². The second-order valence-electron chi connectivity index (χ2n) is 2.46. The minimum absolute atomic E-state index is 0.117. The summed E-state index contributed by atoms with van der Waals surface area (Å²) in [6.45, 7) is 5.20. The summed E-state index contributed by atoms with van der Waals surface area (Å²) in [6.07, 6.45) is 5.10. The van der Waals surface area contributed by atoms with Crippen molar-refractivity contribution in [2.24, 2.45) is 0 Å². The maximum absolute atomic E-state index is 8.39. The molecule has 3 nitrogen and oxygen atoms in total. The van der Waals surface area contributed by atoms with Gasteiger partial charge in [0.1, 0.15) is 0 Å². The topological polar surface area (TPSA) is 41.5 Å². The highest BCUT2D eigenvalue weighted by atomic mass is 16.5. The van der Waals surface area contributed by atoms with Gasteiger partial charge in [0.25, 0.3) is 0 Å². The second-order valence-corrected chi connectivity index (χ2v) is 2.46. The van der Waals surface area contributed by atoms with Crippen LogP contribution in [0.3, 0.4) is 0 Å². The van der Waals surface area contributed by atoms with Gasteiger partial charge in [-0.25, -0.2) is 0 Å². The zero-order chi connectivity index (χ0) is 9.07. The van der Waals surface area contributed by atoms with E-state index in [1.54, 1.807) is 0 Å². The van der Waals surface area contributed by atoms with Gasteiger partial charge in [-0.05, 0) is 19.9 Å². The standard InChI is InChI=1S/C9H19NO2/c1-2-3-5-10-6-4-8-12-9-7-11/h2-3,10-11H,4-9H2,1H3/b3-2+. The Balaban J connectivity index is 2.81. The van der Waals surface area contributed by atoms with Crippen LogP contribution in [0.2, 0.25) is 0 Å². The molecule has 0 spiro atoms. The zero-order valence-electron chi connectivity index (χ0n) is 7.75. The molecule has 3 heteroatoms. The molecule has 2 N–H and O–H groups in total. The Morgan fingerprint density at radius 3 is 2.92 bits per heavy atom. The summed E-state index contributed by atoms with van der Waals surface area (Å²) >= 11 is 0. The van der Waals surface area contributed by atoms with E-state index in [0.717, 1.165) is 26.1 Å². The fourth-order valence-electron chi connectivity index (χ4n) is 0.769. The molecule has 0 aromatic carbocycles. The van der Waals surface area contributed by atoms with E-state index in [1.807, 2.05) is 13.0 Å². The minimum atomic E-state index is 0.117. The highest BCUT2D eigenvalue weighted by Crippen LogP contribution is 1.80. The van der Waals surface area contributed by atoms with Crippen LogP contribution in [0, 0.1) is 0 Å². The monoisotopic (exact) mass is 173 g/mol. The zero-order valence-corrected chi connectivity index (χ0v) is 7.75. The quantitative estimate of drug-likeness (QED) is 0.416. The Bertz CT molecular complexity index is 105. The van der Waals surface area contributed by atoms with Crippen molar-refractivity contribution in [3.05, 3.63) is 12.2 Å². The molecule has 0 saturated carbocycles. The summed E-state index contributed by atoms with van der Waals surface area (Å²) in [5, 5.41) is 11.6. The fraction of sp³-hybridized carbons (Fsp3) is 0.778. The first-order chi connectivity index (χ1) is 5.91. The van der Waals surface area contributed by atoms with Gasteiger partial charge in [-0.2, -0.15) is 0 Å². The van der Waals surface area contributed by atoms with E-state index < -0.39 is 0 Å². The third-order valence-electron chi connectivity index (χ3n) is 1.38. The van der Waals surface area contributed by atoms with Crippen molar-refractivity contribution in [1.29, 1.82) is 0 Å². The molecule has 0 rings (SSSR count). The molecule has 0 fully saturated rings. The molecule has 0 atom stereocenters. The van der Waals surface area contributed by atoms with Gasteiger partial charge in [0, 0.05) is 13.2 Å². The predicted molar refractivity (Wildman–Crippen MR) is 50.2 cm³/mol. The molecule has 72 valence electrons. The van der Waals surface area contributed by atoms with Gasteiger partial charge < -0.3 is 15.2 Å². The Hall–Kier alpha value is -0.380. The average Bonchev–Trinajstić information content (AvgIpc) is 2.10. The number of rotatable bonds is 8. The van der Waals surface area contributed by atoms with Crippen LogP contribution < -0.4 is 5.32 Å². The van der Waals surface area contributed by atoms with Crippen molar-refractivity contribution in [2.75, 3.05) is 32.9 Å². The normalized spacial score (nSPS) is 11.2. The smallest absolute Gasteiger partial charge is 0.0697 e. The largest absolute Gasteiger partial charge is 0.394 e. The number of ether oxygens (including phenoxy) is 1. The first-order valence-electron chi connectivity index (χ1n) is 4.42. The Labute approximate surface area is 74.4 Å². The van der Waals surface area contributed by atoms with E-state index in [9.17, 15) is 0 Å². The van der Waals surface area contributed by atoms with Crippen LogP contribution in [0.5, 0.6) is 0 Å². The number of aliphatic hydroxyl groups is 1. The van der Waals surface area contributed by atoms with E-state index in [4.69, 9.17) is 9.84 Å². The Morgan fingerprint density at radius 2 is 2.25 bits per heavy atom. The van der Waals surface area contributed by atoms with Gasteiger partial charge in [-0.3, -0.25) is 0 Å². The number of nitrogens with one attached hydrogen (secondary N) is 1. The van der Waals surface area contributed by atoms with E-state index in [0.29, 0.717) is 6.61 Å². The second kappa shape index (κ2) is 10.6. The summed E-state index contributed by atoms with van der Waals surface area (Å²) in [6, 6.07) is 0. The van der Waals surface area contributed by atoms with Crippen molar-refractivity contribution in [1.82, 2.24) is 5.32 Å². The molecule has 0 aromatic heterocycles. The van der Waals surface area contributed by atoms with E-state index in [1.165, 1.54) is 0 Å². The fourth-order valence-corrected chi connectivity index (χ4v) is 0.769. The van der Waals surface area contributed by atoms with Gasteiger partial charge in [-0.1, -0.05) is 12.2 Å². The van der Waals surface area contributed by atoms with Crippen LogP contribution in [0.4, 0.5) is 0 Å². The first-order valence-corrected chi connectivity index (χ1v) is 4.42. The van der Waals surface area contributed by atoms with Crippen LogP contribution in [-0.4, -0.2) is 38.0 Å². The lowest BCUT2D eigenvalue weighted by Crippen LogP contribution is -2.17. The van der Waals surface area contributed by atoms with Gasteiger partial charge in [0.15, 0.2) is 0 Å². The van der Waals surface area contributed by atoms with Gasteiger partial charge in [-0.15, -0.1) is 0 Å². The lowest BCUT2D eigenvalue weighted by atomic mass is 10.4. The molecule has 0 saturated heterocycles. The number of hydrogen-bond acceptors (Lipinski definition) is 3. The lowest BCUT2D eigenvalue weighted by molar-refractivity contribution is 0.0909. The van der Waals surface area contributed by atoms with Gasteiger partial charge in [0.05, 0.1) is 13.2 Å². The first kappa shape index (κ1) is 11.6. The SMILES string of the molecule is C/C=C/CNCCCOCCO. The molecular weight excluding hydrogens is 154 g/mol. The van der Waals surface area contributed by atoms with E-state index in [2.05, 4.69) is 11.4 Å². The van der Waals surface area contributed by atoms with Crippen LogP contribution in [0.15, 0.2) is 12.2 Å². The molecule has 0 aliphatic carbocycles. The van der Waals surface area contributed by atoms with Crippen LogP contribution in [0.1, 0.15) is 13.3 Å². The maximum atomic E-state index is 8.39. The van der Waals surface area contributed by atoms with Crippen LogP contribution >= 0.6 is 0 Å². The third-order valence-corrected chi connectivity index (χ3v) is 1.38. The summed E-state index contributed by atoms with van der Waals surface area (Å²) in [5.41, 5.74) is 0. The third kappa shape index (κ3) is 9.62. The Kier molecular flexibility index (Phi) is 10.3. The number of hydrogen-bond donors (Lipinski definition) is 2. The molecule has 0 heterocycles. The minimum Gasteiger partial charge on any atom is -0.394 e. The Morgan fingerprint density at radius 1 is 1.42 bits per heavy atom. The van der Waals surface area contributed by atoms with E-state index >= 15 is 0 Å². The number of aliphatic hydroxyl groups excluding tert-OH is 1. The maximum Gasteiger partial charge on any atom is 0.0697 e. The highest BCUT2D eigenvalue weighted by molar-refractivity contribution is 4.78. The molecule has 12 heavy (non-hydrogen) atoms. The molecule has 0 aliphatic heterocycles. The van der Waals surface area contributed by atoms with Crippen molar-refractivity contribution in [2.45, 2.75) is 13.3 Å². The van der Waals surface area contributed by atoms with Gasteiger partial charge >= 0.3 is 0 Å². The molecule has 0 bridgehead atoms. The van der Waals surface area contributed by atoms with Crippen LogP contribution in [-0.2, 0) is 4.74 Å². The molecule has 0 aromatic rings.